The Morgan fingerprint density at radius 1 is 0.917 bits per heavy atom. The van der Waals surface area contributed by atoms with E-state index < -0.39 is 30.3 Å². The van der Waals surface area contributed by atoms with Crippen molar-refractivity contribution in [3.63, 3.8) is 0 Å². The Bertz CT molecular complexity index is 1130. The molecule has 0 radical (unpaired) electrons. The Morgan fingerprint density at radius 3 is 2.14 bits per heavy atom. The van der Waals surface area contributed by atoms with Gasteiger partial charge in [-0.15, -0.1) is 0 Å². The van der Waals surface area contributed by atoms with Gasteiger partial charge in [0, 0.05) is 13.0 Å². The molecule has 3 rings (SSSR count). The molecule has 3 aromatic rings. The molecule has 0 aliphatic heterocycles. The van der Waals surface area contributed by atoms with Crippen molar-refractivity contribution in [1.29, 1.82) is 0 Å². The Kier molecular flexibility index (Phi) is 9.03. The van der Waals surface area contributed by atoms with Crippen molar-refractivity contribution >= 4 is 5.91 Å². The maximum atomic E-state index is 13.1. The Labute approximate surface area is 206 Å². The number of alkyl halides is 5. The number of likely N-dealkylation sites (N-methyl/N-ethyl adjacent to an activating group) is 1. The third-order valence-electron chi connectivity index (χ3n) is 5.83. The van der Waals surface area contributed by atoms with Crippen LogP contribution in [0.4, 0.5) is 22.0 Å². The third kappa shape index (κ3) is 7.27. The van der Waals surface area contributed by atoms with Crippen molar-refractivity contribution in [2.24, 2.45) is 0 Å². The summed E-state index contributed by atoms with van der Waals surface area (Å²) in [7, 11) is 1.53. The maximum absolute atomic E-state index is 13.1. The molecule has 0 heterocycles. The lowest BCUT2D eigenvalue weighted by molar-refractivity contribution is -0.137. The summed E-state index contributed by atoms with van der Waals surface area (Å²) >= 11 is 0. The van der Waals surface area contributed by atoms with E-state index in [2.05, 4.69) is 15.4 Å². The highest BCUT2D eigenvalue weighted by Crippen LogP contribution is 2.34. The largest absolute Gasteiger partial charge is 0.435 e. The standard InChI is InChI=1S/C27H27F5N2O2/c1-17-6-8-19(9-7-17)24(25(35)33-2)34-15-14-23(18-10-12-21(13-11-18)27(30,31)32)20-4-3-5-22(16-20)36-26(28)29/h3-13,16,23-24,26,34H,14-15H2,1-2H3,(H,33,35)/t23-,24-/m0/s1. The number of rotatable bonds is 10. The van der Waals surface area contributed by atoms with Crippen LogP contribution in [0.3, 0.4) is 0 Å². The smallest absolute Gasteiger partial charge is 0.416 e. The van der Waals surface area contributed by atoms with Crippen molar-refractivity contribution in [3.8, 4) is 5.75 Å². The fraction of sp³-hybridized carbons (Fsp3) is 0.296. The maximum Gasteiger partial charge on any atom is 0.416 e. The van der Waals surface area contributed by atoms with Crippen LogP contribution < -0.4 is 15.4 Å². The van der Waals surface area contributed by atoms with Crippen LogP contribution in [0.15, 0.2) is 72.8 Å². The lowest BCUT2D eigenvalue weighted by Gasteiger charge is -2.23. The van der Waals surface area contributed by atoms with Crippen LogP contribution in [0.25, 0.3) is 0 Å². The molecule has 0 spiro atoms. The molecule has 0 saturated carbocycles. The fourth-order valence-corrected chi connectivity index (χ4v) is 3.97. The molecule has 0 saturated heterocycles. The number of hydrogen-bond donors (Lipinski definition) is 2. The zero-order chi connectivity index (χ0) is 26.3. The van der Waals surface area contributed by atoms with Crippen molar-refractivity contribution in [2.75, 3.05) is 13.6 Å². The van der Waals surface area contributed by atoms with E-state index >= 15 is 0 Å². The van der Waals surface area contributed by atoms with E-state index in [1.807, 2.05) is 31.2 Å². The lowest BCUT2D eigenvalue weighted by atomic mass is 9.87. The van der Waals surface area contributed by atoms with Gasteiger partial charge >= 0.3 is 12.8 Å². The Morgan fingerprint density at radius 2 is 1.56 bits per heavy atom. The van der Waals surface area contributed by atoms with E-state index in [9.17, 15) is 26.7 Å². The van der Waals surface area contributed by atoms with Gasteiger partial charge < -0.3 is 15.4 Å². The van der Waals surface area contributed by atoms with Crippen LogP contribution in [0.5, 0.6) is 5.75 Å². The van der Waals surface area contributed by atoms with E-state index in [4.69, 9.17) is 0 Å². The van der Waals surface area contributed by atoms with Crippen molar-refractivity contribution in [3.05, 3.63) is 101 Å². The van der Waals surface area contributed by atoms with Gasteiger partial charge in [0.25, 0.3) is 0 Å². The molecular formula is C27H27F5N2O2. The Hall–Kier alpha value is -3.46. The SMILES string of the molecule is CNC(=O)[C@@H](NCC[C@@H](c1ccc(C(F)(F)F)cc1)c1cccc(OC(F)F)c1)c1ccc(C)cc1. The summed E-state index contributed by atoms with van der Waals surface area (Å²) in [5.74, 6) is -0.725. The molecule has 2 atom stereocenters. The molecule has 3 aromatic carbocycles. The van der Waals surface area contributed by atoms with E-state index in [0.29, 0.717) is 24.1 Å². The molecule has 0 aliphatic carbocycles. The van der Waals surface area contributed by atoms with Crippen LogP contribution in [0.1, 0.15) is 46.2 Å². The third-order valence-corrected chi connectivity index (χ3v) is 5.83. The van der Waals surface area contributed by atoms with Crippen LogP contribution in [-0.4, -0.2) is 26.1 Å². The summed E-state index contributed by atoms with van der Waals surface area (Å²) in [4.78, 5) is 12.5. The highest BCUT2D eigenvalue weighted by Gasteiger charge is 2.30. The van der Waals surface area contributed by atoms with Gasteiger partial charge in [-0.3, -0.25) is 4.79 Å². The predicted molar refractivity (Wildman–Crippen MR) is 127 cm³/mol. The van der Waals surface area contributed by atoms with Gasteiger partial charge in [-0.05, 0) is 60.8 Å². The van der Waals surface area contributed by atoms with E-state index in [0.717, 1.165) is 23.3 Å². The summed E-state index contributed by atoms with van der Waals surface area (Å²) in [5, 5.41) is 5.85. The first-order valence-electron chi connectivity index (χ1n) is 11.3. The number of amides is 1. The molecule has 0 aromatic heterocycles. The van der Waals surface area contributed by atoms with Crippen LogP contribution in [0, 0.1) is 6.92 Å². The van der Waals surface area contributed by atoms with Gasteiger partial charge in [-0.1, -0.05) is 54.1 Å². The van der Waals surface area contributed by atoms with E-state index in [1.165, 1.54) is 31.3 Å². The molecular weight excluding hydrogens is 479 g/mol. The summed E-state index contributed by atoms with van der Waals surface area (Å²) in [6, 6.07) is 17.7. The second-order valence-electron chi connectivity index (χ2n) is 8.32. The first-order chi connectivity index (χ1) is 17.1. The van der Waals surface area contributed by atoms with Gasteiger partial charge in [0.05, 0.1) is 5.56 Å². The number of aryl methyl sites for hydroxylation is 1. The van der Waals surface area contributed by atoms with Gasteiger partial charge in [0.1, 0.15) is 11.8 Å². The van der Waals surface area contributed by atoms with Crippen LogP contribution in [-0.2, 0) is 11.0 Å². The second kappa shape index (κ2) is 12.0. The van der Waals surface area contributed by atoms with Crippen molar-refractivity contribution in [1.82, 2.24) is 10.6 Å². The summed E-state index contributed by atoms with van der Waals surface area (Å²) in [6.07, 6.45) is -4.10. The molecule has 0 fully saturated rings. The Balaban J connectivity index is 1.86. The first-order valence-corrected chi connectivity index (χ1v) is 11.3. The molecule has 0 unspecified atom stereocenters. The van der Waals surface area contributed by atoms with Gasteiger partial charge in [-0.2, -0.15) is 22.0 Å². The zero-order valence-electron chi connectivity index (χ0n) is 19.8. The molecule has 9 heteroatoms. The predicted octanol–water partition coefficient (Wildman–Crippen LogP) is 6.21. The molecule has 36 heavy (non-hydrogen) atoms. The van der Waals surface area contributed by atoms with Gasteiger partial charge in [0.2, 0.25) is 5.91 Å². The summed E-state index contributed by atoms with van der Waals surface area (Å²) in [5.41, 5.74) is 2.20. The number of hydrogen-bond acceptors (Lipinski definition) is 3. The molecule has 4 nitrogen and oxygen atoms in total. The minimum atomic E-state index is -4.48. The molecule has 2 N–H and O–H groups in total. The number of benzene rings is 3. The number of carbonyl (C=O) groups excluding carboxylic acids is 1. The van der Waals surface area contributed by atoms with Crippen LogP contribution in [0.2, 0.25) is 0 Å². The molecule has 192 valence electrons. The number of nitrogens with one attached hydrogen (secondary N) is 2. The second-order valence-corrected chi connectivity index (χ2v) is 8.32. The molecule has 0 aliphatic rings. The number of carbonyl (C=O) groups is 1. The van der Waals surface area contributed by atoms with Crippen LogP contribution >= 0.6 is 0 Å². The normalized spacial score (nSPS) is 13.3. The van der Waals surface area contributed by atoms with Gasteiger partial charge in [-0.25, -0.2) is 0 Å². The van der Waals surface area contributed by atoms with Gasteiger partial charge in [0.15, 0.2) is 0 Å². The van der Waals surface area contributed by atoms with E-state index in [-0.39, 0.29) is 11.7 Å². The lowest BCUT2D eigenvalue weighted by Crippen LogP contribution is -2.36. The quantitative estimate of drug-likeness (QED) is 0.321. The zero-order valence-corrected chi connectivity index (χ0v) is 19.8. The summed E-state index contributed by atoms with van der Waals surface area (Å²) < 4.78 is 69.2. The van der Waals surface area contributed by atoms with E-state index in [1.54, 1.807) is 12.1 Å². The average molecular weight is 507 g/mol. The number of halogens is 5. The first kappa shape index (κ1) is 27.1. The molecule has 0 bridgehead atoms. The highest BCUT2D eigenvalue weighted by molar-refractivity contribution is 5.82. The topological polar surface area (TPSA) is 50.4 Å². The minimum absolute atomic E-state index is 0.0461. The van der Waals surface area contributed by atoms with Crippen molar-refractivity contribution in [2.45, 2.75) is 38.1 Å². The monoisotopic (exact) mass is 506 g/mol. The minimum Gasteiger partial charge on any atom is -0.435 e. The molecule has 1 amide bonds. The number of ether oxygens (including phenoxy) is 1. The fourth-order valence-electron chi connectivity index (χ4n) is 3.97. The average Bonchev–Trinajstić information content (AvgIpc) is 2.84. The van der Waals surface area contributed by atoms with Crippen molar-refractivity contribution < 1.29 is 31.5 Å². The summed E-state index contributed by atoms with van der Waals surface area (Å²) in [6.45, 7) is -0.751. The highest BCUT2D eigenvalue weighted by atomic mass is 19.4.